The average molecular weight is 605 g/mol. The maximum atomic E-state index is 14.0. The molecule has 228 valence electrons. The topological polar surface area (TPSA) is 155 Å². The van der Waals surface area contributed by atoms with E-state index in [-0.39, 0.29) is 35.7 Å². The van der Waals surface area contributed by atoms with E-state index in [0.29, 0.717) is 17.2 Å². The van der Waals surface area contributed by atoms with Gasteiger partial charge < -0.3 is 29.5 Å². The molecule has 0 aliphatic carbocycles. The summed E-state index contributed by atoms with van der Waals surface area (Å²) in [7, 11) is 0. The van der Waals surface area contributed by atoms with Crippen LogP contribution in [0.1, 0.15) is 74.7 Å². The normalized spacial score (nSPS) is 22.8. The van der Waals surface area contributed by atoms with Crippen LogP contribution in [0.2, 0.25) is 0 Å². The molecule has 11 nitrogen and oxygen atoms in total. The molecule has 4 aromatic rings. The van der Waals surface area contributed by atoms with E-state index in [4.69, 9.17) is 18.6 Å². The van der Waals surface area contributed by atoms with E-state index in [1.165, 1.54) is 12.3 Å². The molecule has 2 unspecified atom stereocenters. The van der Waals surface area contributed by atoms with Gasteiger partial charge >= 0.3 is 0 Å². The van der Waals surface area contributed by atoms with Crippen LogP contribution in [0, 0.1) is 16.7 Å². The van der Waals surface area contributed by atoms with Crippen LogP contribution in [0.15, 0.2) is 69.2 Å². The Kier molecular flexibility index (Phi) is 6.37. The number of benzene rings is 2. The van der Waals surface area contributed by atoms with Gasteiger partial charge in [-0.15, -0.1) is 0 Å². The summed E-state index contributed by atoms with van der Waals surface area (Å²) >= 11 is 0. The van der Waals surface area contributed by atoms with Gasteiger partial charge in [-0.1, -0.05) is 56.7 Å². The molecular weight excluding hydrogens is 572 g/mol. The van der Waals surface area contributed by atoms with Crippen molar-refractivity contribution in [2.75, 3.05) is 5.32 Å². The number of nitrogens with one attached hydrogen (secondary N) is 3. The molecule has 0 fully saturated rings. The van der Waals surface area contributed by atoms with Crippen molar-refractivity contribution < 1.29 is 23.2 Å². The first-order valence-electron chi connectivity index (χ1n) is 14.8. The van der Waals surface area contributed by atoms with Crippen molar-refractivity contribution in [3.63, 3.8) is 0 Å². The van der Waals surface area contributed by atoms with Crippen LogP contribution in [-0.2, 0) is 21.4 Å². The van der Waals surface area contributed by atoms with Crippen molar-refractivity contribution in [3.8, 4) is 23.4 Å². The number of aromatic nitrogens is 2. The van der Waals surface area contributed by atoms with Crippen LogP contribution in [0.4, 0.5) is 5.69 Å². The van der Waals surface area contributed by atoms with Crippen LogP contribution < -0.4 is 20.7 Å². The number of amides is 2. The summed E-state index contributed by atoms with van der Waals surface area (Å²) in [6.07, 6.45) is 2.38. The largest absolute Gasteiger partial charge is 0.469 e. The predicted molar refractivity (Wildman–Crippen MR) is 163 cm³/mol. The third-order valence-electron chi connectivity index (χ3n) is 8.46. The summed E-state index contributed by atoms with van der Waals surface area (Å²) in [5.74, 6) is 0.655. The highest BCUT2D eigenvalue weighted by molar-refractivity contribution is 5.93. The molecule has 11 heteroatoms. The number of nitrogens with zero attached hydrogens (tertiary/aromatic N) is 3. The predicted octanol–water partition coefficient (Wildman–Crippen LogP) is 4.89. The summed E-state index contributed by atoms with van der Waals surface area (Å²) in [6.45, 7) is 9.55. The minimum absolute atomic E-state index is 0.0957. The molecule has 1 spiro atoms. The number of allylic oxidation sites excluding steroid dienone is 1. The van der Waals surface area contributed by atoms with Crippen LogP contribution in [0.25, 0.3) is 11.6 Å². The molecule has 2 aromatic carbocycles. The van der Waals surface area contributed by atoms with Crippen LogP contribution in [0.3, 0.4) is 0 Å². The molecular formula is C34H32N6O5. The van der Waals surface area contributed by atoms with Gasteiger partial charge in [-0.25, -0.2) is 4.98 Å². The SMILES string of the molecule is CC(C)=CC(=O)N[C@H]1Cc2ccc3c(c2)[C@@]2(c4ccccc4NC2O3)c2oc(nc2-c2nc(C#N)co2)C(C(C)(C)C)NC1=O. The van der Waals surface area contributed by atoms with Gasteiger partial charge in [0.1, 0.15) is 35.6 Å². The van der Waals surface area contributed by atoms with E-state index in [9.17, 15) is 14.9 Å². The van der Waals surface area contributed by atoms with Crippen LogP contribution in [-0.4, -0.2) is 34.1 Å². The second kappa shape index (κ2) is 10.1. The highest BCUT2D eigenvalue weighted by Crippen LogP contribution is 2.59. The van der Waals surface area contributed by atoms with Crippen molar-refractivity contribution in [1.29, 1.82) is 5.26 Å². The molecule has 3 aliphatic rings. The van der Waals surface area contributed by atoms with Crippen molar-refractivity contribution >= 4 is 17.5 Å². The Bertz CT molecular complexity index is 1940. The number of carbonyl (C=O) groups excluding carboxylic acids is 2. The Balaban J connectivity index is 1.52. The fraction of sp³-hybridized carbons (Fsp3) is 0.324. The van der Waals surface area contributed by atoms with E-state index in [0.717, 1.165) is 28.0 Å². The number of fused-ring (bicyclic) bond motifs is 4. The maximum Gasteiger partial charge on any atom is 0.250 e. The van der Waals surface area contributed by atoms with E-state index >= 15 is 0 Å². The molecule has 7 rings (SSSR count). The number of carbonyl (C=O) groups is 2. The van der Waals surface area contributed by atoms with Gasteiger partial charge in [0, 0.05) is 23.7 Å². The lowest BCUT2D eigenvalue weighted by Crippen LogP contribution is -2.50. The molecule has 2 aromatic heterocycles. The fourth-order valence-electron chi connectivity index (χ4n) is 6.47. The number of oxazole rings is 2. The lowest BCUT2D eigenvalue weighted by atomic mass is 9.72. The quantitative estimate of drug-likeness (QED) is 0.277. The lowest BCUT2D eigenvalue weighted by molar-refractivity contribution is -0.128. The monoisotopic (exact) mass is 604 g/mol. The van der Waals surface area contributed by atoms with E-state index in [1.807, 2.05) is 83.2 Å². The minimum Gasteiger partial charge on any atom is -0.469 e. The van der Waals surface area contributed by atoms with Gasteiger partial charge in [-0.3, -0.25) is 9.59 Å². The van der Waals surface area contributed by atoms with Gasteiger partial charge in [0.25, 0.3) is 0 Å². The number of ether oxygens (including phenoxy) is 1. The second-order valence-electron chi connectivity index (χ2n) is 13.0. The average Bonchev–Trinajstić information content (AvgIpc) is 3.74. The second-order valence-corrected chi connectivity index (χ2v) is 13.0. The van der Waals surface area contributed by atoms with Gasteiger partial charge in [0.05, 0.1) is 0 Å². The van der Waals surface area contributed by atoms with Gasteiger partial charge in [0.15, 0.2) is 23.4 Å². The fourth-order valence-corrected chi connectivity index (χ4v) is 6.47. The Labute approximate surface area is 259 Å². The molecule has 45 heavy (non-hydrogen) atoms. The highest BCUT2D eigenvalue weighted by atomic mass is 16.5. The molecule has 2 amide bonds. The van der Waals surface area contributed by atoms with Crippen molar-refractivity contribution in [3.05, 3.63) is 94.4 Å². The Morgan fingerprint density at radius 1 is 1.13 bits per heavy atom. The molecule has 3 N–H and O–H groups in total. The molecule has 5 heterocycles. The number of hydrogen-bond donors (Lipinski definition) is 3. The summed E-state index contributed by atoms with van der Waals surface area (Å²) in [6, 6.07) is 14.1. The Morgan fingerprint density at radius 2 is 1.93 bits per heavy atom. The standard InChI is InChI=1S/C34H32N6O5/c1-17(2)12-25(41)37-23-14-18-10-11-24-21(13-18)34(20-8-6-7-9-22(20)38-32(34)44-24)28-26(30-36-19(15-35)16-43-30)39-31(45-28)27(33(3,4)5)40-29(23)42/h6-13,16,23,27,32,38H,14H2,1-5H3,(H,37,41)(H,40,42)/t23-,27?,32?,34-/m0/s1. The first kappa shape index (κ1) is 28.4. The first-order chi connectivity index (χ1) is 21.5. The van der Waals surface area contributed by atoms with E-state index in [1.54, 1.807) is 0 Å². The van der Waals surface area contributed by atoms with Crippen LogP contribution in [0.5, 0.6) is 5.75 Å². The Morgan fingerprint density at radius 3 is 2.67 bits per heavy atom. The molecule has 0 radical (unpaired) electrons. The zero-order valence-electron chi connectivity index (χ0n) is 25.5. The van der Waals surface area contributed by atoms with Crippen molar-refractivity contribution in [1.82, 2.24) is 20.6 Å². The lowest BCUT2D eigenvalue weighted by Gasteiger charge is -2.32. The third kappa shape index (κ3) is 4.47. The Hall–Kier alpha value is -5.37. The van der Waals surface area contributed by atoms with Crippen molar-refractivity contribution in [2.24, 2.45) is 5.41 Å². The highest BCUT2D eigenvalue weighted by Gasteiger charge is 2.61. The van der Waals surface area contributed by atoms with Crippen molar-refractivity contribution in [2.45, 2.75) is 64.8 Å². The number of hydrogen-bond acceptors (Lipinski definition) is 9. The third-order valence-corrected chi connectivity index (χ3v) is 8.46. The molecule has 3 aliphatic heterocycles. The number of rotatable bonds is 3. The number of nitriles is 1. The van der Waals surface area contributed by atoms with Gasteiger partial charge in [-0.2, -0.15) is 10.2 Å². The van der Waals surface area contributed by atoms with Crippen LogP contribution >= 0.6 is 0 Å². The summed E-state index contributed by atoms with van der Waals surface area (Å²) in [5, 5.41) is 19.1. The van der Waals surface area contributed by atoms with Gasteiger partial charge in [-0.05, 0) is 42.5 Å². The summed E-state index contributed by atoms with van der Waals surface area (Å²) in [5.41, 5.74) is 3.00. The zero-order chi connectivity index (χ0) is 31.7. The minimum atomic E-state index is -1.03. The molecule has 4 atom stereocenters. The molecule has 0 saturated heterocycles. The number of anilines is 1. The molecule has 0 saturated carbocycles. The zero-order valence-corrected chi connectivity index (χ0v) is 25.5. The number of para-hydroxylation sites is 1. The maximum absolute atomic E-state index is 14.0. The van der Waals surface area contributed by atoms with Gasteiger partial charge in [0.2, 0.25) is 23.6 Å². The van der Waals surface area contributed by atoms with E-state index < -0.39 is 29.1 Å². The summed E-state index contributed by atoms with van der Waals surface area (Å²) < 4.78 is 19.2. The smallest absolute Gasteiger partial charge is 0.250 e. The summed E-state index contributed by atoms with van der Waals surface area (Å²) in [4.78, 5) is 36.2. The first-order valence-corrected chi connectivity index (χ1v) is 14.8. The molecule has 4 bridgehead atoms. The van der Waals surface area contributed by atoms with E-state index in [2.05, 4.69) is 20.9 Å².